The highest BCUT2D eigenvalue weighted by molar-refractivity contribution is 9.10. The lowest BCUT2D eigenvalue weighted by atomic mass is 10.2. The molecule has 2 aromatic rings. The molecule has 1 aromatic carbocycles. The summed E-state index contributed by atoms with van der Waals surface area (Å²) in [6.07, 6.45) is 0. The molecule has 2 nitrogen and oxygen atoms in total. The molecule has 2 rings (SSSR count). The molecule has 0 spiro atoms. The van der Waals surface area contributed by atoms with Crippen molar-refractivity contribution in [1.29, 1.82) is 0 Å². The second kappa shape index (κ2) is 3.00. The molecule has 0 aliphatic rings. The Bertz CT molecular complexity index is 514. The van der Waals surface area contributed by atoms with E-state index in [1.54, 1.807) is 6.07 Å². The van der Waals surface area contributed by atoms with Crippen LogP contribution in [0.2, 0.25) is 0 Å². The van der Waals surface area contributed by atoms with Gasteiger partial charge in [-0.25, -0.2) is 4.79 Å². The molecule has 0 saturated carbocycles. The first-order valence-electron chi connectivity index (χ1n) is 3.87. The van der Waals surface area contributed by atoms with Crippen LogP contribution < -0.4 is 5.63 Å². The van der Waals surface area contributed by atoms with Gasteiger partial charge in [-0.05, 0) is 40.5 Å². The number of hydrogen-bond acceptors (Lipinski definition) is 2. The minimum absolute atomic E-state index is 0.335. The van der Waals surface area contributed by atoms with E-state index in [1.807, 2.05) is 25.1 Å². The van der Waals surface area contributed by atoms with Gasteiger partial charge < -0.3 is 4.42 Å². The third-order valence-corrected chi connectivity index (χ3v) is 2.40. The van der Waals surface area contributed by atoms with Gasteiger partial charge >= 0.3 is 5.63 Å². The second-order valence-corrected chi connectivity index (χ2v) is 3.78. The van der Waals surface area contributed by atoms with Crippen LogP contribution in [0.15, 0.2) is 37.9 Å². The Balaban J connectivity index is 2.89. The van der Waals surface area contributed by atoms with Crippen molar-refractivity contribution in [2.45, 2.75) is 6.92 Å². The highest BCUT2D eigenvalue weighted by Gasteiger charge is 2.01. The Kier molecular flexibility index (Phi) is 1.96. The van der Waals surface area contributed by atoms with E-state index in [9.17, 15) is 4.79 Å². The maximum absolute atomic E-state index is 11.1. The normalized spacial score (nSPS) is 10.6. The summed E-state index contributed by atoms with van der Waals surface area (Å²) < 4.78 is 5.53. The fourth-order valence-electron chi connectivity index (χ4n) is 1.19. The number of fused-ring (bicyclic) bond motifs is 1. The van der Waals surface area contributed by atoms with Crippen LogP contribution in [0, 0.1) is 6.92 Å². The molecule has 66 valence electrons. The van der Waals surface area contributed by atoms with Gasteiger partial charge in [0.25, 0.3) is 0 Å². The van der Waals surface area contributed by atoms with Gasteiger partial charge in [-0.15, -0.1) is 0 Å². The molecule has 0 aliphatic heterocycles. The third kappa shape index (κ3) is 1.52. The predicted molar refractivity (Wildman–Crippen MR) is 54.9 cm³/mol. The largest absolute Gasteiger partial charge is 0.422 e. The van der Waals surface area contributed by atoms with Crippen LogP contribution in [0.3, 0.4) is 0 Å². The van der Waals surface area contributed by atoms with Crippen LogP contribution in [-0.2, 0) is 0 Å². The van der Waals surface area contributed by atoms with Crippen LogP contribution in [0.1, 0.15) is 5.56 Å². The first-order valence-corrected chi connectivity index (χ1v) is 4.66. The molecule has 13 heavy (non-hydrogen) atoms. The molecule has 0 saturated heterocycles. The lowest BCUT2D eigenvalue weighted by molar-refractivity contribution is 0.556. The molecule has 0 unspecified atom stereocenters. The molecule has 0 aliphatic carbocycles. The SMILES string of the molecule is Cc1ccc2cc(Br)c(=O)oc2c1. The Morgan fingerprint density at radius 1 is 1.31 bits per heavy atom. The van der Waals surface area contributed by atoms with E-state index in [4.69, 9.17) is 4.42 Å². The van der Waals surface area contributed by atoms with Gasteiger partial charge in [0.1, 0.15) is 10.1 Å². The van der Waals surface area contributed by atoms with Crippen molar-refractivity contribution in [2.75, 3.05) is 0 Å². The molecular formula is C10H7BrO2. The molecule has 0 amide bonds. The van der Waals surface area contributed by atoms with Gasteiger partial charge in [-0.2, -0.15) is 0 Å². The first kappa shape index (κ1) is 8.51. The number of aryl methyl sites for hydroxylation is 1. The van der Waals surface area contributed by atoms with Crippen molar-refractivity contribution in [3.8, 4) is 0 Å². The van der Waals surface area contributed by atoms with E-state index in [0.29, 0.717) is 10.1 Å². The summed E-state index contributed by atoms with van der Waals surface area (Å²) in [5, 5.41) is 0.928. The topological polar surface area (TPSA) is 30.2 Å². The number of hydrogen-bond donors (Lipinski definition) is 0. The van der Waals surface area contributed by atoms with Crippen molar-refractivity contribution < 1.29 is 4.42 Å². The van der Waals surface area contributed by atoms with Gasteiger partial charge in [-0.1, -0.05) is 12.1 Å². The van der Waals surface area contributed by atoms with Crippen molar-refractivity contribution >= 4 is 26.9 Å². The van der Waals surface area contributed by atoms with Gasteiger partial charge in [0.05, 0.1) is 0 Å². The molecule has 1 heterocycles. The summed E-state index contributed by atoms with van der Waals surface area (Å²) in [6.45, 7) is 1.96. The zero-order chi connectivity index (χ0) is 9.42. The predicted octanol–water partition coefficient (Wildman–Crippen LogP) is 2.86. The summed E-state index contributed by atoms with van der Waals surface area (Å²) in [4.78, 5) is 11.1. The Morgan fingerprint density at radius 3 is 2.85 bits per heavy atom. The van der Waals surface area contributed by atoms with Crippen LogP contribution in [-0.4, -0.2) is 0 Å². The van der Waals surface area contributed by atoms with E-state index < -0.39 is 0 Å². The quantitative estimate of drug-likeness (QED) is 0.661. The van der Waals surface area contributed by atoms with Crippen molar-refractivity contribution in [3.63, 3.8) is 0 Å². The smallest absolute Gasteiger partial charge is 0.350 e. The first-order chi connectivity index (χ1) is 6.16. The summed E-state index contributed by atoms with van der Waals surface area (Å²) in [6, 6.07) is 7.52. The van der Waals surface area contributed by atoms with Crippen LogP contribution in [0.4, 0.5) is 0 Å². The Labute approximate surface area is 83.3 Å². The molecule has 1 aromatic heterocycles. The molecule has 0 fully saturated rings. The van der Waals surface area contributed by atoms with E-state index in [0.717, 1.165) is 10.9 Å². The fraction of sp³-hybridized carbons (Fsp3) is 0.100. The Hall–Kier alpha value is -1.09. The molecule has 3 heteroatoms. The van der Waals surface area contributed by atoms with Crippen molar-refractivity contribution in [3.05, 3.63) is 44.7 Å². The average Bonchev–Trinajstić information content (AvgIpc) is 2.08. The minimum atomic E-state index is -0.335. The second-order valence-electron chi connectivity index (χ2n) is 2.92. The van der Waals surface area contributed by atoms with Gasteiger partial charge in [0, 0.05) is 5.39 Å². The average molecular weight is 239 g/mol. The Morgan fingerprint density at radius 2 is 2.08 bits per heavy atom. The summed E-state index contributed by atoms with van der Waals surface area (Å²) in [5.74, 6) is 0. The van der Waals surface area contributed by atoms with Crippen molar-refractivity contribution in [1.82, 2.24) is 0 Å². The lowest BCUT2D eigenvalue weighted by Gasteiger charge is -1.97. The molecular weight excluding hydrogens is 232 g/mol. The number of benzene rings is 1. The fourth-order valence-corrected chi connectivity index (χ4v) is 1.52. The van der Waals surface area contributed by atoms with Gasteiger partial charge in [0.2, 0.25) is 0 Å². The van der Waals surface area contributed by atoms with Crippen LogP contribution >= 0.6 is 15.9 Å². The lowest BCUT2D eigenvalue weighted by Crippen LogP contribution is -1.98. The maximum Gasteiger partial charge on any atom is 0.350 e. The minimum Gasteiger partial charge on any atom is -0.422 e. The van der Waals surface area contributed by atoms with Gasteiger partial charge in [0.15, 0.2) is 0 Å². The number of halogens is 1. The molecule has 0 atom stereocenters. The molecule has 0 N–H and O–H groups in total. The molecule has 0 bridgehead atoms. The van der Waals surface area contributed by atoms with E-state index in [2.05, 4.69) is 15.9 Å². The maximum atomic E-state index is 11.1. The summed E-state index contributed by atoms with van der Waals surface area (Å²) in [7, 11) is 0. The van der Waals surface area contributed by atoms with E-state index in [-0.39, 0.29) is 5.63 Å². The van der Waals surface area contributed by atoms with Gasteiger partial charge in [-0.3, -0.25) is 0 Å². The zero-order valence-electron chi connectivity index (χ0n) is 7.00. The van der Waals surface area contributed by atoms with Crippen LogP contribution in [0.25, 0.3) is 11.0 Å². The zero-order valence-corrected chi connectivity index (χ0v) is 8.59. The number of rotatable bonds is 0. The highest BCUT2D eigenvalue weighted by Crippen LogP contribution is 2.17. The third-order valence-electron chi connectivity index (χ3n) is 1.85. The van der Waals surface area contributed by atoms with Crippen LogP contribution in [0.5, 0.6) is 0 Å². The van der Waals surface area contributed by atoms with Crippen molar-refractivity contribution in [2.24, 2.45) is 0 Å². The summed E-state index contributed by atoms with van der Waals surface area (Å²) >= 11 is 3.13. The van der Waals surface area contributed by atoms with E-state index >= 15 is 0 Å². The monoisotopic (exact) mass is 238 g/mol. The molecule has 0 radical (unpaired) electrons. The standard InChI is InChI=1S/C10H7BrO2/c1-6-2-3-7-5-8(11)10(12)13-9(7)4-6/h2-5H,1H3. The summed E-state index contributed by atoms with van der Waals surface area (Å²) in [5.41, 5.74) is 1.38. The highest BCUT2D eigenvalue weighted by atomic mass is 79.9. The van der Waals surface area contributed by atoms with E-state index in [1.165, 1.54) is 0 Å².